The first kappa shape index (κ1) is 64.9. The maximum atomic E-state index is 11.8. The second kappa shape index (κ2) is 24.4. The molecule has 12 fully saturated rings. The van der Waals surface area contributed by atoms with E-state index in [1.165, 1.54) is 164 Å². The average Bonchev–Trinajstić information content (AvgIpc) is 1.47. The van der Waals surface area contributed by atoms with Crippen molar-refractivity contribution in [3.05, 3.63) is 85.3 Å². The summed E-state index contributed by atoms with van der Waals surface area (Å²) in [7, 11) is -3.23. The molecule has 0 saturated heterocycles. The summed E-state index contributed by atoms with van der Waals surface area (Å²) in [6, 6.07) is 4.18. The van der Waals surface area contributed by atoms with E-state index in [0.717, 1.165) is 140 Å². The van der Waals surface area contributed by atoms with Crippen LogP contribution in [-0.2, 0) is 29.5 Å². The first-order valence-electron chi connectivity index (χ1n) is 36.5. The Kier molecular flexibility index (Phi) is 17.6. The van der Waals surface area contributed by atoms with Gasteiger partial charge in [0.05, 0.1) is 54.4 Å². The number of nitrogens with zero attached hydrogens (tertiary/aromatic N) is 7. The third-order valence-corrected chi connectivity index (χ3v) is 30.7. The van der Waals surface area contributed by atoms with Gasteiger partial charge in [-0.1, -0.05) is 57.2 Å². The highest BCUT2D eigenvalue weighted by molar-refractivity contribution is 7.90. The Morgan fingerprint density at radius 3 is 1.20 bits per heavy atom. The minimum atomic E-state index is -3.23. The van der Waals surface area contributed by atoms with Crippen LogP contribution < -0.4 is 0 Å². The van der Waals surface area contributed by atoms with Gasteiger partial charge >= 0.3 is 0 Å². The second-order valence-corrected chi connectivity index (χ2v) is 36.9. The lowest BCUT2D eigenvalue weighted by Crippen LogP contribution is -2.50. The van der Waals surface area contributed by atoms with Gasteiger partial charge in [0.25, 0.3) is 0 Å². The lowest BCUT2D eigenvalue weighted by atomic mass is 9.49. The molecule has 12 aliphatic rings. The van der Waals surface area contributed by atoms with Gasteiger partial charge in [-0.25, -0.2) is 8.42 Å². The highest BCUT2D eigenvalue weighted by atomic mass is 32.2. The van der Waals surface area contributed by atoms with Crippen molar-refractivity contribution in [1.29, 1.82) is 5.26 Å². The smallest absolute Gasteiger partial charge is 0.178 e. The van der Waals surface area contributed by atoms with Crippen molar-refractivity contribution in [3.8, 4) is 6.07 Å². The number of fused-ring (bicyclic) bond motifs is 15. The van der Waals surface area contributed by atoms with E-state index >= 15 is 0 Å². The molecular weight excluding hydrogens is 1130 g/mol. The normalized spacial score (nSPS) is 45.5. The Balaban J connectivity index is 0.000000124. The van der Waals surface area contributed by atoms with Crippen molar-refractivity contribution in [2.45, 2.75) is 256 Å². The van der Waals surface area contributed by atoms with Crippen LogP contribution in [0.4, 0.5) is 0 Å². The molecular formula is C77H115N7O5S. The Labute approximate surface area is 541 Å². The molecule has 0 spiro atoms. The zero-order valence-corrected chi connectivity index (χ0v) is 57.3. The molecule has 3 heterocycles. The van der Waals surface area contributed by atoms with Gasteiger partial charge in [0.15, 0.2) is 9.84 Å². The Morgan fingerprint density at radius 1 is 0.489 bits per heavy atom. The first-order valence-corrected chi connectivity index (χ1v) is 38.4. The van der Waals surface area contributed by atoms with E-state index in [1.54, 1.807) is 17.1 Å². The predicted octanol–water partition coefficient (Wildman–Crippen LogP) is 15.7. The molecule has 0 unspecified atom stereocenters. The van der Waals surface area contributed by atoms with Gasteiger partial charge in [-0.05, 0) is 323 Å². The van der Waals surface area contributed by atoms with Crippen LogP contribution in [-0.4, -0.2) is 76.1 Å². The summed E-state index contributed by atoms with van der Waals surface area (Å²) in [5, 5.41) is 53.9. The van der Waals surface area contributed by atoms with Crippen molar-refractivity contribution in [2.24, 2.45) is 123 Å². The third-order valence-electron chi connectivity index (χ3n) is 29.6. The maximum Gasteiger partial charge on any atom is 0.178 e. The molecule has 3 N–H and O–H groups in total. The van der Waals surface area contributed by atoms with Crippen molar-refractivity contribution in [2.75, 3.05) is 6.26 Å². The number of rotatable bonds is 10. The van der Waals surface area contributed by atoms with Gasteiger partial charge in [0.2, 0.25) is 0 Å². The van der Waals surface area contributed by atoms with E-state index in [9.17, 15) is 23.7 Å². The van der Waals surface area contributed by atoms with Gasteiger partial charge in [-0.3, -0.25) is 14.0 Å². The van der Waals surface area contributed by atoms with Crippen LogP contribution in [0.25, 0.3) is 0 Å². The van der Waals surface area contributed by atoms with E-state index in [1.807, 2.05) is 34.7 Å². The molecule has 0 aromatic carbocycles. The van der Waals surface area contributed by atoms with Crippen LogP contribution in [0.3, 0.4) is 0 Å². The van der Waals surface area contributed by atoms with Gasteiger partial charge in [0.1, 0.15) is 11.0 Å². The highest BCUT2D eigenvalue weighted by Gasteiger charge is 2.61. The van der Waals surface area contributed by atoms with Crippen LogP contribution >= 0.6 is 0 Å². The predicted molar refractivity (Wildman–Crippen MR) is 356 cm³/mol. The molecule has 3 aromatic heterocycles. The molecule has 13 heteroatoms. The fourth-order valence-electron chi connectivity index (χ4n) is 25.7. The van der Waals surface area contributed by atoms with Gasteiger partial charge in [-0.2, -0.15) is 20.6 Å². The zero-order chi connectivity index (χ0) is 63.5. The number of hydrogen-bond donors (Lipinski definition) is 3. The first-order chi connectivity index (χ1) is 42.7. The largest absolute Gasteiger partial charge is 0.390 e. The molecule has 24 atom stereocenters. The van der Waals surface area contributed by atoms with E-state index in [4.69, 9.17) is 5.26 Å². The Bertz CT molecular complexity index is 3260. The monoisotopic (exact) mass is 1250 g/mol. The molecule has 0 bridgehead atoms. The Morgan fingerprint density at radius 2 is 0.856 bits per heavy atom. The minimum absolute atomic E-state index is 0.282. The van der Waals surface area contributed by atoms with Gasteiger partial charge < -0.3 is 15.3 Å². The molecule has 0 amide bonds. The lowest BCUT2D eigenvalue weighted by Gasteiger charge is -2.57. The molecule has 12 saturated carbocycles. The van der Waals surface area contributed by atoms with Crippen LogP contribution in [0.15, 0.2) is 84.6 Å². The molecule has 3 aromatic rings. The standard InChI is InChI=1S/C26H37N3O.C26H40N2O3S.C25H38N2O/c1-17(15-29-16-18(13-27)14-28-29)23-6-7-24-22-5-4-19-12-25(2,30)10-8-20(19)21(22)9-11-26(23,24)3;1-17(15-28-16-19(14-27-28)32(4,30)31)23-7-8-24-22-6-5-18-13-25(2,29)11-9-20(18)21(22)10-12-26(23,24)3;1-17(16-27-14-4-13-26-27)22-7-8-23-21-6-5-18-15-24(2,28)11-9-19(18)20(21)10-12-25(22,23)3/h14,16,19-24,30H,1,4-12,15H2,2-3H3;14,16,18,20-24,29H,1,5-13,15H2,2-4H3;4,13-14,18-23,28H,1,5-12,15-16H2,2-3H3/t19-,20-,21+,22+,23+,24-,25+,26+;18-,20-,21+,22+,23+,24-,25+,26+;18-,19-,20+,21+,22+,23-,24+,25+/m000/s1. The van der Waals surface area contributed by atoms with Crippen molar-refractivity contribution in [1.82, 2.24) is 29.3 Å². The Hall–Kier alpha value is -3.83. The number of aliphatic hydroxyl groups is 3. The van der Waals surface area contributed by atoms with Crippen molar-refractivity contribution < 1.29 is 23.7 Å². The number of allylic oxidation sites excluding steroid dienone is 3. The molecule has 15 rings (SSSR count). The summed E-state index contributed by atoms with van der Waals surface area (Å²) in [6.07, 6.45) is 45.5. The molecule has 0 aliphatic heterocycles. The van der Waals surface area contributed by atoms with Crippen LogP contribution in [0.5, 0.6) is 0 Å². The third kappa shape index (κ3) is 12.2. The number of sulfone groups is 1. The van der Waals surface area contributed by atoms with Crippen LogP contribution in [0, 0.1) is 134 Å². The highest BCUT2D eigenvalue weighted by Crippen LogP contribution is 2.69. The summed E-state index contributed by atoms with van der Waals surface area (Å²) < 4.78 is 29.3. The molecule has 12 aliphatic carbocycles. The molecule has 494 valence electrons. The topological polar surface area (TPSA) is 172 Å². The summed E-state index contributed by atoms with van der Waals surface area (Å²) in [5.74, 6) is 14.3. The zero-order valence-electron chi connectivity index (χ0n) is 56.5. The second-order valence-electron chi connectivity index (χ2n) is 34.9. The molecule has 90 heavy (non-hydrogen) atoms. The quantitative estimate of drug-likeness (QED) is 0.167. The molecule has 0 radical (unpaired) electrons. The fraction of sp³-hybridized carbons (Fsp3) is 0.792. The van der Waals surface area contributed by atoms with E-state index in [0.29, 0.717) is 46.1 Å². The average molecular weight is 1250 g/mol. The summed E-state index contributed by atoms with van der Waals surface area (Å²) >= 11 is 0. The summed E-state index contributed by atoms with van der Waals surface area (Å²) in [4.78, 5) is 0.282. The number of hydrogen-bond acceptors (Lipinski definition) is 9. The van der Waals surface area contributed by atoms with E-state index in [-0.39, 0.29) is 4.90 Å². The van der Waals surface area contributed by atoms with Crippen LogP contribution in [0.2, 0.25) is 0 Å². The summed E-state index contributed by atoms with van der Waals surface area (Å²) in [5.41, 5.74) is 4.37. The van der Waals surface area contributed by atoms with Gasteiger partial charge in [-0.15, -0.1) is 0 Å². The van der Waals surface area contributed by atoms with E-state index < -0.39 is 26.6 Å². The fourth-order valence-corrected chi connectivity index (χ4v) is 26.3. The van der Waals surface area contributed by atoms with E-state index in [2.05, 4.69) is 81.9 Å². The minimum Gasteiger partial charge on any atom is -0.390 e. The van der Waals surface area contributed by atoms with Crippen molar-refractivity contribution >= 4 is 9.84 Å². The SMILES string of the molecule is C=C(Cn1cc(C#N)cn1)[C@H]1CC[C@H]2[C@@H]3CC[C@H]4C[C@](C)(O)CC[C@@H]4[C@H]3CC[C@]12C.C=C(Cn1cc(S(C)(=O)=O)cn1)[C@H]1CC[C@H]2[C@@H]3CC[C@H]4C[C@](C)(O)CC[C@@H]4[C@H]3CC[C@]12C.C=C(Cn1cccn1)[C@H]1CC[C@H]2[C@@H]3CC[C@H]4C[C@](C)(O)CC[C@@H]4[C@H]3CC[C@]12C. The summed E-state index contributed by atoms with van der Waals surface area (Å²) in [6.45, 7) is 29.6. The lowest BCUT2D eigenvalue weighted by molar-refractivity contribution is -0.0980. The van der Waals surface area contributed by atoms with Crippen LogP contribution in [0.1, 0.15) is 220 Å². The number of aromatic nitrogens is 6. The molecule has 12 nitrogen and oxygen atoms in total. The van der Waals surface area contributed by atoms with Gasteiger partial charge in [0, 0.05) is 31.0 Å². The number of nitriles is 1. The maximum absolute atomic E-state index is 11.8. The van der Waals surface area contributed by atoms with Crippen molar-refractivity contribution in [3.63, 3.8) is 0 Å².